The Labute approximate surface area is 136 Å². The van der Waals surface area contributed by atoms with Gasteiger partial charge in [0.15, 0.2) is 16.3 Å². The van der Waals surface area contributed by atoms with E-state index in [9.17, 15) is 5.11 Å². The zero-order valence-electron chi connectivity index (χ0n) is 12.1. The Hall–Kier alpha value is -2.32. The monoisotopic (exact) mass is 331 g/mol. The van der Waals surface area contributed by atoms with Crippen LogP contribution in [0.2, 0.25) is 5.15 Å². The Balaban J connectivity index is 1.70. The average molecular weight is 332 g/mol. The smallest absolute Gasteiger partial charge is 0.223 e. The zero-order valence-corrected chi connectivity index (χ0v) is 12.9. The van der Waals surface area contributed by atoms with Gasteiger partial charge in [0.25, 0.3) is 0 Å². The topological polar surface area (TPSA) is 116 Å². The predicted octanol–water partition coefficient (Wildman–Crippen LogP) is 1.27. The maximum absolute atomic E-state index is 10.4. The minimum Gasteiger partial charge on any atom is -0.384 e. The van der Waals surface area contributed by atoms with Crippen molar-refractivity contribution in [3.05, 3.63) is 34.7 Å². The van der Waals surface area contributed by atoms with Gasteiger partial charge < -0.3 is 10.8 Å². The molecule has 3 aromatic heterocycles. The van der Waals surface area contributed by atoms with Crippen LogP contribution in [0.5, 0.6) is 0 Å². The molecule has 0 amide bonds. The molecule has 4 rings (SSSR count). The van der Waals surface area contributed by atoms with E-state index in [2.05, 4.69) is 25.3 Å². The largest absolute Gasteiger partial charge is 0.384 e. The van der Waals surface area contributed by atoms with E-state index in [4.69, 9.17) is 17.3 Å². The van der Waals surface area contributed by atoms with Gasteiger partial charge in [-0.1, -0.05) is 22.9 Å². The summed E-state index contributed by atoms with van der Waals surface area (Å²) in [5.41, 5.74) is 7.13. The first-order valence-electron chi connectivity index (χ1n) is 7.26. The number of aliphatic hydroxyl groups is 1. The maximum Gasteiger partial charge on any atom is 0.223 e. The molecule has 0 atom stereocenters. The Morgan fingerprint density at radius 2 is 2.09 bits per heavy atom. The molecule has 0 bridgehead atoms. The van der Waals surface area contributed by atoms with Crippen molar-refractivity contribution < 1.29 is 5.11 Å². The molecule has 0 aromatic carbocycles. The summed E-state index contributed by atoms with van der Waals surface area (Å²) in [7, 11) is 0. The van der Waals surface area contributed by atoms with Crippen molar-refractivity contribution in [3.8, 4) is 0 Å². The fourth-order valence-electron chi connectivity index (χ4n) is 2.69. The average Bonchev–Trinajstić information content (AvgIpc) is 2.88. The van der Waals surface area contributed by atoms with Crippen LogP contribution in [-0.4, -0.2) is 35.1 Å². The third-order valence-corrected chi connectivity index (χ3v) is 4.38. The minimum absolute atomic E-state index is 0.0662. The van der Waals surface area contributed by atoms with Crippen LogP contribution in [-0.2, 0) is 12.1 Å². The number of hydrogen-bond donors (Lipinski definition) is 2. The molecule has 3 N–H and O–H groups in total. The summed E-state index contributed by atoms with van der Waals surface area (Å²) < 4.78 is 1.57. The fraction of sp³-hybridized carbons (Fsp3) is 0.357. The van der Waals surface area contributed by atoms with Gasteiger partial charge in [0.1, 0.15) is 5.60 Å². The molecule has 118 valence electrons. The summed E-state index contributed by atoms with van der Waals surface area (Å²) in [6.07, 6.45) is 2.51. The predicted molar refractivity (Wildman–Crippen MR) is 83.6 cm³/mol. The molecule has 0 unspecified atom stereocenters. The van der Waals surface area contributed by atoms with Gasteiger partial charge in [0, 0.05) is 0 Å². The van der Waals surface area contributed by atoms with E-state index in [1.165, 1.54) is 0 Å². The molecule has 0 saturated heterocycles. The number of hydrogen-bond acceptors (Lipinski definition) is 7. The van der Waals surface area contributed by atoms with Crippen LogP contribution in [0.1, 0.15) is 30.7 Å². The highest BCUT2D eigenvalue weighted by atomic mass is 35.5. The van der Waals surface area contributed by atoms with E-state index in [0.717, 1.165) is 25.0 Å². The molecule has 1 fully saturated rings. The Bertz CT molecular complexity index is 890. The van der Waals surface area contributed by atoms with Crippen LogP contribution in [0, 0.1) is 0 Å². The molecule has 1 aliphatic rings. The first kappa shape index (κ1) is 14.3. The second-order valence-corrected chi connectivity index (χ2v) is 6.05. The van der Waals surface area contributed by atoms with Crippen molar-refractivity contribution >= 4 is 28.7 Å². The van der Waals surface area contributed by atoms with Gasteiger partial charge in [-0.2, -0.15) is 9.97 Å². The number of rotatable bonds is 3. The maximum atomic E-state index is 10.4. The van der Waals surface area contributed by atoms with Crippen LogP contribution in [0.4, 0.5) is 5.95 Å². The van der Waals surface area contributed by atoms with E-state index in [1.807, 2.05) is 18.2 Å². The number of aromatic nitrogens is 6. The second kappa shape index (κ2) is 5.10. The first-order chi connectivity index (χ1) is 11.0. The van der Waals surface area contributed by atoms with Crippen LogP contribution in [0.25, 0.3) is 11.2 Å². The lowest BCUT2D eigenvalue weighted by Gasteiger charge is -2.36. The van der Waals surface area contributed by atoms with E-state index < -0.39 is 5.60 Å². The summed E-state index contributed by atoms with van der Waals surface area (Å²) in [4.78, 5) is 12.5. The van der Waals surface area contributed by atoms with E-state index in [0.29, 0.717) is 23.4 Å². The van der Waals surface area contributed by atoms with Gasteiger partial charge in [-0.05, 0) is 31.4 Å². The number of halogens is 1. The lowest BCUT2D eigenvalue weighted by atomic mass is 9.77. The van der Waals surface area contributed by atoms with Gasteiger partial charge >= 0.3 is 0 Å². The van der Waals surface area contributed by atoms with Crippen molar-refractivity contribution in [2.24, 2.45) is 0 Å². The summed E-state index contributed by atoms with van der Waals surface area (Å²) in [6.45, 7) is 0.354. The molecule has 23 heavy (non-hydrogen) atoms. The number of pyridine rings is 1. The fourth-order valence-corrected chi connectivity index (χ4v) is 2.90. The molecule has 0 spiro atoms. The molecule has 8 nitrogen and oxygen atoms in total. The summed E-state index contributed by atoms with van der Waals surface area (Å²) >= 11 is 5.99. The van der Waals surface area contributed by atoms with Crippen LogP contribution >= 0.6 is 11.6 Å². The third kappa shape index (κ3) is 2.40. The van der Waals surface area contributed by atoms with Crippen molar-refractivity contribution in [3.63, 3.8) is 0 Å². The molecule has 0 aliphatic heterocycles. The van der Waals surface area contributed by atoms with Gasteiger partial charge in [-0.3, -0.25) is 4.98 Å². The quantitative estimate of drug-likeness (QED) is 0.694. The number of nitrogen functional groups attached to an aromatic ring is 1. The van der Waals surface area contributed by atoms with E-state index >= 15 is 0 Å². The first-order valence-corrected chi connectivity index (χ1v) is 7.64. The number of anilines is 1. The Morgan fingerprint density at radius 1 is 1.26 bits per heavy atom. The van der Waals surface area contributed by atoms with Gasteiger partial charge in [0.2, 0.25) is 5.95 Å². The van der Waals surface area contributed by atoms with Crippen molar-refractivity contribution in [2.45, 2.75) is 31.4 Å². The van der Waals surface area contributed by atoms with Crippen LogP contribution in [0.15, 0.2) is 18.2 Å². The SMILES string of the molecule is Nc1nc(Cl)c2nnn(Cc3cccc(C4(O)CCC4)n3)c2n1. The van der Waals surface area contributed by atoms with Crippen molar-refractivity contribution in [1.29, 1.82) is 0 Å². The summed E-state index contributed by atoms with van der Waals surface area (Å²) in [5.74, 6) is 0.0662. The van der Waals surface area contributed by atoms with Gasteiger partial charge in [-0.25, -0.2) is 4.68 Å². The number of nitrogens with two attached hydrogens (primary N) is 1. The molecule has 3 aromatic rings. The second-order valence-electron chi connectivity index (χ2n) is 5.69. The molecule has 9 heteroatoms. The normalized spacial score (nSPS) is 16.4. The lowest BCUT2D eigenvalue weighted by molar-refractivity contribution is -0.0427. The summed E-state index contributed by atoms with van der Waals surface area (Å²) in [5, 5.41) is 18.6. The highest BCUT2D eigenvalue weighted by Gasteiger charge is 2.37. The lowest BCUT2D eigenvalue weighted by Crippen LogP contribution is -2.34. The minimum atomic E-state index is -0.795. The zero-order chi connectivity index (χ0) is 16.0. The molecular formula is C14H14ClN7O. The number of fused-ring (bicyclic) bond motifs is 1. The number of nitrogens with zero attached hydrogens (tertiary/aromatic N) is 6. The molecule has 0 radical (unpaired) electrons. The molecule has 3 heterocycles. The highest BCUT2D eigenvalue weighted by Crippen LogP contribution is 2.40. The molecule has 1 saturated carbocycles. The third-order valence-electron chi connectivity index (χ3n) is 4.11. The van der Waals surface area contributed by atoms with Gasteiger partial charge in [0.05, 0.1) is 17.9 Å². The highest BCUT2D eigenvalue weighted by molar-refractivity contribution is 6.33. The molecule has 1 aliphatic carbocycles. The van der Waals surface area contributed by atoms with Crippen molar-refractivity contribution in [1.82, 2.24) is 29.9 Å². The van der Waals surface area contributed by atoms with Crippen LogP contribution < -0.4 is 5.73 Å². The molecular weight excluding hydrogens is 318 g/mol. The Kier molecular flexibility index (Phi) is 3.17. The van der Waals surface area contributed by atoms with Gasteiger partial charge in [-0.15, -0.1) is 5.10 Å². The van der Waals surface area contributed by atoms with E-state index in [-0.39, 0.29) is 11.1 Å². The van der Waals surface area contributed by atoms with Crippen molar-refractivity contribution in [2.75, 3.05) is 5.73 Å². The van der Waals surface area contributed by atoms with E-state index in [1.54, 1.807) is 4.68 Å². The summed E-state index contributed by atoms with van der Waals surface area (Å²) in [6, 6.07) is 5.59. The standard InChI is InChI=1S/C14H14ClN7O/c15-11-10-12(19-13(16)18-11)22(21-20-10)7-8-3-1-4-9(17-8)14(23)5-2-6-14/h1,3-4,23H,2,5-7H2,(H2,16,18,19). The Morgan fingerprint density at radius 3 is 2.83 bits per heavy atom. The van der Waals surface area contributed by atoms with Crippen LogP contribution in [0.3, 0.4) is 0 Å².